The van der Waals surface area contributed by atoms with E-state index in [0.717, 1.165) is 33.8 Å². The largest absolute Gasteiger partial charge is 0.439 e. The molecule has 2 aromatic carbocycles. The van der Waals surface area contributed by atoms with Crippen LogP contribution in [0.5, 0.6) is 11.6 Å². The third-order valence-corrected chi connectivity index (χ3v) is 5.44. The topological polar surface area (TPSA) is 47.4 Å². The second kappa shape index (κ2) is 9.16. The van der Waals surface area contributed by atoms with E-state index in [-0.39, 0.29) is 11.9 Å². The van der Waals surface area contributed by atoms with Crippen LogP contribution < -0.4 is 4.74 Å². The normalized spacial score (nSPS) is 11.0. The summed E-state index contributed by atoms with van der Waals surface area (Å²) in [6.07, 6.45) is 0.994. The number of carbonyl (C=O) groups excluding carboxylic acids is 1. The van der Waals surface area contributed by atoms with E-state index in [1.807, 2.05) is 81.9 Å². The molecule has 1 heterocycles. The molecule has 1 aromatic heterocycles. The molecule has 3 rings (SSSR count). The fraction of sp³-hybridized carbons (Fsp3) is 0.360. The second-order valence-corrected chi connectivity index (χ2v) is 8.08. The van der Waals surface area contributed by atoms with Crippen molar-refractivity contribution in [3.63, 3.8) is 0 Å². The summed E-state index contributed by atoms with van der Waals surface area (Å²) < 4.78 is 8.23. The van der Waals surface area contributed by atoms with Crippen molar-refractivity contribution in [2.45, 2.75) is 53.5 Å². The number of carbonyl (C=O) groups is 1. The molecule has 0 fully saturated rings. The van der Waals surface area contributed by atoms with Gasteiger partial charge < -0.3 is 9.64 Å². The number of hydrogen-bond acceptors (Lipinski definition) is 3. The number of aromatic nitrogens is 2. The quantitative estimate of drug-likeness (QED) is 0.529. The molecule has 0 radical (unpaired) electrons. The number of nitrogens with zero attached hydrogens (tertiary/aromatic N) is 3. The minimum atomic E-state index is 0.120. The molecule has 0 aliphatic carbocycles. The molecule has 0 bridgehead atoms. The van der Waals surface area contributed by atoms with Crippen LogP contribution in [0.15, 0.2) is 48.5 Å². The van der Waals surface area contributed by atoms with Gasteiger partial charge in [-0.25, -0.2) is 0 Å². The van der Waals surface area contributed by atoms with E-state index in [9.17, 15) is 4.79 Å². The zero-order valence-electron chi connectivity index (χ0n) is 18.8. The van der Waals surface area contributed by atoms with Crippen molar-refractivity contribution in [3.05, 3.63) is 70.9 Å². The van der Waals surface area contributed by atoms with Gasteiger partial charge >= 0.3 is 0 Å². The Kier molecular flexibility index (Phi) is 6.60. The van der Waals surface area contributed by atoms with Crippen LogP contribution in [-0.2, 0) is 11.2 Å². The van der Waals surface area contributed by atoms with Crippen LogP contribution in [0.1, 0.15) is 42.7 Å². The first kappa shape index (κ1) is 21.6. The number of rotatable bonds is 7. The van der Waals surface area contributed by atoms with Crippen molar-refractivity contribution in [2.75, 3.05) is 7.05 Å². The van der Waals surface area contributed by atoms with Crippen LogP contribution in [0, 0.1) is 20.8 Å². The molecule has 0 spiro atoms. The minimum absolute atomic E-state index is 0.120. The molecule has 158 valence electrons. The molecule has 0 N–H and O–H groups in total. The van der Waals surface area contributed by atoms with Gasteiger partial charge in [0.05, 0.1) is 11.4 Å². The molecule has 0 aliphatic heterocycles. The van der Waals surface area contributed by atoms with Gasteiger partial charge in [0.25, 0.3) is 0 Å². The molecule has 0 aliphatic rings. The van der Waals surface area contributed by atoms with Gasteiger partial charge in [0.1, 0.15) is 5.75 Å². The van der Waals surface area contributed by atoms with Crippen molar-refractivity contribution in [3.8, 4) is 17.3 Å². The van der Waals surface area contributed by atoms with Gasteiger partial charge in [-0.05, 0) is 70.4 Å². The van der Waals surface area contributed by atoms with Crippen LogP contribution >= 0.6 is 0 Å². The zero-order chi connectivity index (χ0) is 21.8. The Morgan fingerprint density at radius 2 is 1.83 bits per heavy atom. The molecule has 3 aromatic rings. The third kappa shape index (κ3) is 4.73. The number of aryl methyl sites for hydroxylation is 3. The average Bonchev–Trinajstić information content (AvgIpc) is 3.00. The number of ether oxygens (including phenoxy) is 1. The van der Waals surface area contributed by atoms with Crippen LogP contribution in [0.25, 0.3) is 5.69 Å². The number of benzene rings is 2. The molecule has 0 atom stereocenters. The standard InChI is InChI=1S/C25H31N3O2/c1-17(2)27(6)24(29)15-14-22-20(5)26-28(23-13-8-7-11-19(23)4)25(22)30-21-12-9-10-18(3)16-21/h7-13,16-17H,14-15H2,1-6H3. The number of para-hydroxylation sites is 1. The Labute approximate surface area is 179 Å². The van der Waals surface area contributed by atoms with Crippen molar-refractivity contribution in [1.29, 1.82) is 0 Å². The highest BCUT2D eigenvalue weighted by molar-refractivity contribution is 5.76. The summed E-state index contributed by atoms with van der Waals surface area (Å²) in [6.45, 7) is 10.1. The first-order chi connectivity index (χ1) is 14.3. The maximum Gasteiger partial charge on any atom is 0.226 e. The number of hydrogen-bond donors (Lipinski definition) is 0. The van der Waals surface area contributed by atoms with Crippen LogP contribution in [0.3, 0.4) is 0 Å². The number of amides is 1. The smallest absolute Gasteiger partial charge is 0.226 e. The maximum atomic E-state index is 12.6. The first-order valence-corrected chi connectivity index (χ1v) is 10.4. The van der Waals surface area contributed by atoms with E-state index in [2.05, 4.69) is 13.0 Å². The first-order valence-electron chi connectivity index (χ1n) is 10.4. The molecular weight excluding hydrogens is 374 g/mol. The lowest BCUT2D eigenvalue weighted by Gasteiger charge is -2.21. The molecule has 30 heavy (non-hydrogen) atoms. The van der Waals surface area contributed by atoms with Crippen molar-refractivity contribution in [1.82, 2.24) is 14.7 Å². The second-order valence-electron chi connectivity index (χ2n) is 8.08. The van der Waals surface area contributed by atoms with Gasteiger partial charge in [-0.1, -0.05) is 30.3 Å². The molecular formula is C25H31N3O2. The van der Waals surface area contributed by atoms with Gasteiger partial charge in [-0.3, -0.25) is 4.79 Å². The summed E-state index contributed by atoms with van der Waals surface area (Å²) >= 11 is 0. The SMILES string of the molecule is Cc1cccc(Oc2c(CCC(=O)N(C)C(C)C)c(C)nn2-c2ccccc2C)c1. The summed E-state index contributed by atoms with van der Waals surface area (Å²) in [4.78, 5) is 14.4. The van der Waals surface area contributed by atoms with Gasteiger partial charge in [-0.2, -0.15) is 9.78 Å². The van der Waals surface area contributed by atoms with Crippen molar-refractivity contribution in [2.24, 2.45) is 0 Å². The highest BCUT2D eigenvalue weighted by Crippen LogP contribution is 2.32. The third-order valence-electron chi connectivity index (χ3n) is 5.44. The van der Waals surface area contributed by atoms with Crippen molar-refractivity contribution < 1.29 is 9.53 Å². The predicted molar refractivity (Wildman–Crippen MR) is 121 cm³/mol. The molecule has 0 saturated heterocycles. The van der Waals surface area contributed by atoms with Gasteiger partial charge in [0, 0.05) is 25.1 Å². The molecule has 5 heteroatoms. The van der Waals surface area contributed by atoms with E-state index < -0.39 is 0 Å². The fourth-order valence-electron chi connectivity index (χ4n) is 3.38. The molecule has 1 amide bonds. The van der Waals surface area contributed by atoms with E-state index in [0.29, 0.717) is 18.7 Å². The van der Waals surface area contributed by atoms with E-state index in [4.69, 9.17) is 9.84 Å². The Hall–Kier alpha value is -3.08. The molecule has 5 nitrogen and oxygen atoms in total. The van der Waals surface area contributed by atoms with Gasteiger partial charge in [0.2, 0.25) is 11.8 Å². The minimum Gasteiger partial charge on any atom is -0.439 e. The van der Waals surface area contributed by atoms with E-state index in [1.54, 1.807) is 4.90 Å². The van der Waals surface area contributed by atoms with Crippen LogP contribution in [-0.4, -0.2) is 33.7 Å². The molecule has 0 unspecified atom stereocenters. The predicted octanol–water partition coefficient (Wildman–Crippen LogP) is 5.39. The van der Waals surface area contributed by atoms with E-state index in [1.165, 1.54) is 0 Å². The van der Waals surface area contributed by atoms with Gasteiger partial charge in [-0.15, -0.1) is 0 Å². The Bertz CT molecular complexity index is 1040. The summed E-state index contributed by atoms with van der Waals surface area (Å²) in [7, 11) is 1.85. The van der Waals surface area contributed by atoms with Crippen molar-refractivity contribution >= 4 is 5.91 Å². The fourth-order valence-corrected chi connectivity index (χ4v) is 3.38. The average molecular weight is 406 g/mol. The Morgan fingerprint density at radius 1 is 1.10 bits per heavy atom. The Balaban J connectivity index is 2.01. The lowest BCUT2D eigenvalue weighted by molar-refractivity contribution is -0.131. The molecule has 0 saturated carbocycles. The van der Waals surface area contributed by atoms with Crippen LogP contribution in [0.2, 0.25) is 0 Å². The summed E-state index contributed by atoms with van der Waals surface area (Å²) in [5, 5.41) is 4.78. The lowest BCUT2D eigenvalue weighted by atomic mass is 10.1. The van der Waals surface area contributed by atoms with E-state index >= 15 is 0 Å². The van der Waals surface area contributed by atoms with Gasteiger partial charge in [0.15, 0.2) is 0 Å². The summed E-state index contributed by atoms with van der Waals surface area (Å²) in [5.41, 5.74) is 5.05. The highest BCUT2D eigenvalue weighted by Gasteiger charge is 2.22. The lowest BCUT2D eigenvalue weighted by Crippen LogP contribution is -2.33. The Morgan fingerprint density at radius 3 is 2.50 bits per heavy atom. The zero-order valence-corrected chi connectivity index (χ0v) is 18.8. The summed E-state index contributed by atoms with van der Waals surface area (Å²) in [5.74, 6) is 1.55. The monoisotopic (exact) mass is 405 g/mol. The van der Waals surface area contributed by atoms with Crippen LogP contribution in [0.4, 0.5) is 0 Å². The summed E-state index contributed by atoms with van der Waals surface area (Å²) in [6, 6.07) is 16.2. The maximum absolute atomic E-state index is 12.6. The highest BCUT2D eigenvalue weighted by atomic mass is 16.5.